The normalized spacial score (nSPS) is 10.6. The molecule has 3 aromatic carbocycles. The predicted molar refractivity (Wildman–Crippen MR) is 129 cm³/mol. The summed E-state index contributed by atoms with van der Waals surface area (Å²) in [7, 11) is 0. The number of rotatable bonds is 9. The zero-order valence-corrected chi connectivity index (χ0v) is 19.1. The summed E-state index contributed by atoms with van der Waals surface area (Å²) in [5.74, 6) is 0.898. The molecule has 0 aliphatic rings. The number of anilines is 1. The molecule has 0 unspecified atom stereocenters. The number of aromatic nitrogens is 3. The van der Waals surface area contributed by atoms with Gasteiger partial charge in [-0.05, 0) is 37.3 Å². The standard InChI is InChI=1S/C24H21N5O4S/c1-17-11-13-19(14-12-17)33-15-22-26-27-24(28(22)18-7-3-2-4-8-18)34-16-23(30)25-20-9-5-6-10-21(20)29(31)32/h2-14H,15-16H2,1H3,(H,25,30). The molecule has 0 atom stereocenters. The molecule has 34 heavy (non-hydrogen) atoms. The largest absolute Gasteiger partial charge is 0.486 e. The van der Waals surface area contributed by atoms with E-state index in [4.69, 9.17) is 4.74 Å². The first-order valence-electron chi connectivity index (χ1n) is 10.4. The fourth-order valence-electron chi connectivity index (χ4n) is 3.16. The maximum atomic E-state index is 12.5. The zero-order chi connectivity index (χ0) is 23.9. The lowest BCUT2D eigenvalue weighted by atomic mass is 10.2. The molecule has 0 bridgehead atoms. The second kappa shape index (κ2) is 10.6. The molecule has 0 spiro atoms. The SMILES string of the molecule is Cc1ccc(OCc2nnc(SCC(=O)Nc3ccccc3[N+](=O)[O-])n2-c2ccccc2)cc1. The van der Waals surface area contributed by atoms with E-state index in [-0.39, 0.29) is 29.6 Å². The van der Waals surface area contributed by atoms with Gasteiger partial charge in [-0.1, -0.05) is 59.8 Å². The zero-order valence-electron chi connectivity index (χ0n) is 18.2. The third kappa shape index (κ3) is 5.59. The fraction of sp³-hybridized carbons (Fsp3) is 0.125. The topological polar surface area (TPSA) is 112 Å². The van der Waals surface area contributed by atoms with Gasteiger partial charge in [0.25, 0.3) is 5.69 Å². The van der Waals surface area contributed by atoms with Crippen LogP contribution in [0.5, 0.6) is 5.75 Å². The maximum absolute atomic E-state index is 12.5. The summed E-state index contributed by atoms with van der Waals surface area (Å²) in [5, 5.41) is 22.8. The second-order valence-electron chi connectivity index (χ2n) is 7.28. The van der Waals surface area contributed by atoms with Crippen LogP contribution in [0.15, 0.2) is 84.0 Å². The van der Waals surface area contributed by atoms with Crippen LogP contribution in [0.1, 0.15) is 11.4 Å². The third-order valence-electron chi connectivity index (χ3n) is 4.81. The van der Waals surface area contributed by atoms with Gasteiger partial charge in [0, 0.05) is 11.8 Å². The van der Waals surface area contributed by atoms with Crippen LogP contribution in [0.25, 0.3) is 5.69 Å². The molecule has 4 aromatic rings. The predicted octanol–water partition coefficient (Wildman–Crippen LogP) is 4.79. The smallest absolute Gasteiger partial charge is 0.292 e. The van der Waals surface area contributed by atoms with E-state index in [0.717, 1.165) is 11.3 Å². The van der Waals surface area contributed by atoms with E-state index in [0.29, 0.717) is 16.7 Å². The van der Waals surface area contributed by atoms with Crippen LogP contribution in [0.2, 0.25) is 0 Å². The summed E-state index contributed by atoms with van der Waals surface area (Å²) >= 11 is 1.18. The van der Waals surface area contributed by atoms with Crippen molar-refractivity contribution in [3.63, 3.8) is 0 Å². The molecule has 1 amide bonds. The lowest BCUT2D eigenvalue weighted by Crippen LogP contribution is -2.15. The molecule has 0 saturated carbocycles. The van der Waals surface area contributed by atoms with Crippen LogP contribution in [-0.4, -0.2) is 31.3 Å². The van der Waals surface area contributed by atoms with Crippen molar-refractivity contribution in [2.45, 2.75) is 18.7 Å². The number of amides is 1. The van der Waals surface area contributed by atoms with E-state index in [1.165, 1.54) is 23.9 Å². The molecule has 9 nitrogen and oxygen atoms in total. The highest BCUT2D eigenvalue weighted by Crippen LogP contribution is 2.26. The van der Waals surface area contributed by atoms with Crippen molar-refractivity contribution >= 4 is 29.0 Å². The number of nitrogens with one attached hydrogen (secondary N) is 1. The Morgan fingerprint density at radius 3 is 2.47 bits per heavy atom. The first kappa shape index (κ1) is 23.0. The lowest BCUT2D eigenvalue weighted by Gasteiger charge is -2.11. The van der Waals surface area contributed by atoms with Crippen LogP contribution < -0.4 is 10.1 Å². The summed E-state index contributed by atoms with van der Waals surface area (Å²) in [6.45, 7) is 2.19. The number of para-hydroxylation sites is 3. The van der Waals surface area contributed by atoms with Gasteiger partial charge in [0.1, 0.15) is 18.0 Å². The molecule has 0 aliphatic heterocycles. The number of carbonyl (C=O) groups excluding carboxylic acids is 1. The van der Waals surface area contributed by atoms with Crippen molar-refractivity contribution < 1.29 is 14.5 Å². The van der Waals surface area contributed by atoms with Gasteiger partial charge in [-0.15, -0.1) is 10.2 Å². The Labute approximate surface area is 199 Å². The van der Waals surface area contributed by atoms with Crippen molar-refractivity contribution in [1.29, 1.82) is 0 Å². The number of hydrogen-bond acceptors (Lipinski definition) is 7. The van der Waals surface area contributed by atoms with E-state index in [1.807, 2.05) is 66.1 Å². The molecule has 10 heteroatoms. The summed E-state index contributed by atoms with van der Waals surface area (Å²) in [5.41, 5.74) is 1.95. The van der Waals surface area contributed by atoms with Crippen LogP contribution in [0.4, 0.5) is 11.4 Å². The number of nitro groups is 1. The van der Waals surface area contributed by atoms with Crippen LogP contribution in [0.3, 0.4) is 0 Å². The molecule has 1 N–H and O–H groups in total. The van der Waals surface area contributed by atoms with Gasteiger partial charge in [-0.2, -0.15) is 0 Å². The highest BCUT2D eigenvalue weighted by atomic mass is 32.2. The summed E-state index contributed by atoms with van der Waals surface area (Å²) in [6.07, 6.45) is 0. The van der Waals surface area contributed by atoms with Crippen molar-refractivity contribution in [2.75, 3.05) is 11.1 Å². The Bertz CT molecular complexity index is 1290. The second-order valence-corrected chi connectivity index (χ2v) is 8.23. The Balaban J connectivity index is 1.49. The number of hydrogen-bond donors (Lipinski definition) is 1. The van der Waals surface area contributed by atoms with Crippen LogP contribution in [-0.2, 0) is 11.4 Å². The number of ether oxygens (including phenoxy) is 1. The minimum Gasteiger partial charge on any atom is -0.486 e. The first-order chi connectivity index (χ1) is 16.5. The Morgan fingerprint density at radius 1 is 1.03 bits per heavy atom. The monoisotopic (exact) mass is 475 g/mol. The van der Waals surface area contributed by atoms with Crippen molar-refractivity contribution in [3.8, 4) is 11.4 Å². The molecule has 0 aliphatic carbocycles. The van der Waals surface area contributed by atoms with E-state index in [9.17, 15) is 14.9 Å². The Hall–Kier alpha value is -4.18. The van der Waals surface area contributed by atoms with Crippen molar-refractivity contribution in [2.24, 2.45) is 0 Å². The van der Waals surface area contributed by atoms with E-state index in [2.05, 4.69) is 15.5 Å². The molecule has 1 heterocycles. The summed E-state index contributed by atoms with van der Waals surface area (Å²) < 4.78 is 7.72. The molecular formula is C24H21N5O4S. The number of aryl methyl sites for hydroxylation is 1. The molecule has 0 radical (unpaired) electrons. The highest BCUT2D eigenvalue weighted by Gasteiger charge is 2.18. The van der Waals surface area contributed by atoms with Crippen LogP contribution >= 0.6 is 11.8 Å². The average molecular weight is 476 g/mol. The summed E-state index contributed by atoms with van der Waals surface area (Å²) in [6, 6.07) is 23.3. The Kier molecular flexibility index (Phi) is 7.19. The van der Waals surface area contributed by atoms with Crippen molar-refractivity contribution in [1.82, 2.24) is 14.8 Å². The van der Waals surface area contributed by atoms with Crippen LogP contribution in [0, 0.1) is 17.0 Å². The number of nitrogens with zero attached hydrogens (tertiary/aromatic N) is 4. The fourth-order valence-corrected chi connectivity index (χ4v) is 3.93. The van der Waals surface area contributed by atoms with E-state index >= 15 is 0 Å². The minimum atomic E-state index is -0.533. The molecule has 1 aromatic heterocycles. The van der Waals surface area contributed by atoms with Gasteiger partial charge in [-0.3, -0.25) is 19.5 Å². The molecule has 0 saturated heterocycles. The lowest BCUT2D eigenvalue weighted by molar-refractivity contribution is -0.383. The van der Waals surface area contributed by atoms with Gasteiger partial charge in [0.2, 0.25) is 5.91 Å². The number of thioether (sulfide) groups is 1. The van der Waals surface area contributed by atoms with Gasteiger partial charge in [0.15, 0.2) is 11.0 Å². The quantitative estimate of drug-likeness (QED) is 0.210. The van der Waals surface area contributed by atoms with E-state index < -0.39 is 4.92 Å². The minimum absolute atomic E-state index is 0.00413. The van der Waals surface area contributed by atoms with E-state index in [1.54, 1.807) is 12.1 Å². The number of nitro benzene ring substituents is 1. The number of benzene rings is 3. The summed E-state index contributed by atoms with van der Waals surface area (Å²) in [4.78, 5) is 23.2. The average Bonchev–Trinajstić information content (AvgIpc) is 3.26. The molecule has 4 rings (SSSR count). The third-order valence-corrected chi connectivity index (χ3v) is 5.74. The Morgan fingerprint density at radius 2 is 1.74 bits per heavy atom. The molecule has 172 valence electrons. The first-order valence-corrected chi connectivity index (χ1v) is 11.3. The van der Waals surface area contributed by atoms with Gasteiger partial charge in [-0.25, -0.2) is 0 Å². The van der Waals surface area contributed by atoms with Gasteiger partial charge >= 0.3 is 0 Å². The van der Waals surface area contributed by atoms with Gasteiger partial charge in [0.05, 0.1) is 10.7 Å². The molecular weight excluding hydrogens is 454 g/mol. The maximum Gasteiger partial charge on any atom is 0.292 e. The molecule has 0 fully saturated rings. The highest BCUT2D eigenvalue weighted by molar-refractivity contribution is 7.99. The van der Waals surface area contributed by atoms with Gasteiger partial charge < -0.3 is 10.1 Å². The number of carbonyl (C=O) groups is 1. The van der Waals surface area contributed by atoms with Crippen molar-refractivity contribution in [3.05, 3.63) is 100 Å².